The van der Waals surface area contributed by atoms with Gasteiger partial charge in [0.15, 0.2) is 25.5 Å². The van der Waals surface area contributed by atoms with Gasteiger partial charge in [-0.3, -0.25) is 0 Å². The van der Waals surface area contributed by atoms with Crippen LogP contribution in [0.15, 0.2) is 279 Å². The average molecular weight is 987 g/mol. The Labute approximate surface area is 440 Å². The van der Waals surface area contributed by atoms with Gasteiger partial charge in [0.05, 0.1) is 39.1 Å². The van der Waals surface area contributed by atoms with Crippen molar-refractivity contribution in [1.29, 1.82) is 0 Å². The maximum absolute atomic E-state index is 5.45. The van der Waals surface area contributed by atoms with Crippen LogP contribution in [0.1, 0.15) is 0 Å². The molecule has 0 spiro atoms. The first-order chi connectivity index (χ1) is 37.7. The Hall–Kier alpha value is -9.95. The second-order valence-electron chi connectivity index (χ2n) is 19.5. The largest absolute Gasteiger partial charge is 0.307 e. The number of nitrogens with zero attached hydrogens (tertiary/aromatic N) is 6. The molecule has 0 aliphatic carbocycles. The van der Waals surface area contributed by atoms with E-state index >= 15 is 0 Å². The number of hydrogen-bond acceptors (Lipinski definition) is 4. The summed E-state index contributed by atoms with van der Waals surface area (Å²) in [4.78, 5) is 18.7. The van der Waals surface area contributed by atoms with Gasteiger partial charge < -0.3 is 14.0 Å². The Balaban J connectivity index is 1.15. The van der Waals surface area contributed by atoms with E-state index in [2.05, 4.69) is 257 Å². The molecule has 356 valence electrons. The van der Waals surface area contributed by atoms with E-state index in [-0.39, 0.29) is 0 Å². The van der Waals surface area contributed by atoms with E-state index in [4.69, 9.17) is 15.0 Å². The van der Waals surface area contributed by atoms with E-state index < -0.39 is 8.07 Å². The van der Waals surface area contributed by atoms with Crippen LogP contribution in [0.25, 0.3) is 89.2 Å². The van der Waals surface area contributed by atoms with Crippen molar-refractivity contribution in [3.63, 3.8) is 0 Å². The highest BCUT2D eigenvalue weighted by atomic mass is 28.3. The zero-order chi connectivity index (χ0) is 50.2. The first-order valence-corrected chi connectivity index (χ1v) is 27.9. The van der Waals surface area contributed by atoms with Crippen LogP contribution in [-0.2, 0) is 0 Å². The summed E-state index contributed by atoms with van der Waals surface area (Å²) >= 11 is 0. The molecule has 0 atom stereocenters. The molecule has 0 amide bonds. The lowest BCUT2D eigenvalue weighted by Crippen LogP contribution is -2.77. The molecule has 0 saturated heterocycles. The number of benzene rings is 11. The number of rotatable bonds is 8. The summed E-state index contributed by atoms with van der Waals surface area (Å²) in [6, 6.07) is 101. The molecule has 76 heavy (non-hydrogen) atoms. The van der Waals surface area contributed by atoms with E-state index in [0.717, 1.165) is 67.2 Å². The zero-order valence-electron chi connectivity index (χ0n) is 41.2. The molecule has 1 aliphatic heterocycles. The molecule has 6 nitrogen and oxygen atoms in total. The van der Waals surface area contributed by atoms with Crippen molar-refractivity contribution in [2.24, 2.45) is 0 Å². The number of para-hydroxylation sites is 6. The topological polar surface area (TPSA) is 51.8 Å². The summed E-state index contributed by atoms with van der Waals surface area (Å²) in [6.45, 7) is 0. The molecule has 0 radical (unpaired) electrons. The molecule has 3 aromatic heterocycles. The predicted octanol–water partition coefficient (Wildman–Crippen LogP) is 14.2. The molecule has 15 rings (SSSR count). The minimum Gasteiger partial charge on any atom is -0.307 e. The van der Waals surface area contributed by atoms with Crippen LogP contribution in [0.4, 0.5) is 17.1 Å². The van der Waals surface area contributed by atoms with E-state index in [1.165, 1.54) is 42.3 Å². The summed E-state index contributed by atoms with van der Waals surface area (Å²) < 4.78 is 4.97. The molecular weight excluding hydrogens is 941 g/mol. The van der Waals surface area contributed by atoms with Crippen molar-refractivity contribution < 1.29 is 0 Å². The molecule has 0 unspecified atom stereocenters. The van der Waals surface area contributed by atoms with Gasteiger partial charge in [-0.25, -0.2) is 15.0 Å². The summed E-state index contributed by atoms with van der Waals surface area (Å²) in [5, 5.41) is 9.98. The fourth-order valence-corrected chi connectivity index (χ4v) is 17.4. The SMILES string of the molecule is c1ccc(-c2nc(-c3ccccc3)nc(-c3cc(-n4c5ccccc5c5ccccc54)c(N4c5ccccc5[Si](c5ccccc5)(c5ccccc5)c5ccccc54)c(-n4c5ccccc5c5ccccc54)c3)n2)cc1. The zero-order valence-corrected chi connectivity index (χ0v) is 42.2. The van der Waals surface area contributed by atoms with Crippen LogP contribution < -0.4 is 25.6 Å². The Morgan fingerprint density at radius 1 is 0.263 bits per heavy atom. The van der Waals surface area contributed by atoms with Gasteiger partial charge in [0.25, 0.3) is 0 Å². The van der Waals surface area contributed by atoms with Crippen molar-refractivity contribution in [2.75, 3.05) is 4.90 Å². The van der Waals surface area contributed by atoms with Crippen molar-refractivity contribution in [1.82, 2.24) is 24.1 Å². The Morgan fingerprint density at radius 2 is 0.566 bits per heavy atom. The fraction of sp³-hybridized carbons (Fsp3) is 0. The third-order valence-electron chi connectivity index (χ3n) is 15.4. The van der Waals surface area contributed by atoms with E-state index in [1.54, 1.807) is 0 Å². The predicted molar refractivity (Wildman–Crippen MR) is 317 cm³/mol. The van der Waals surface area contributed by atoms with Gasteiger partial charge in [-0.05, 0) is 69.3 Å². The maximum atomic E-state index is 5.45. The van der Waals surface area contributed by atoms with Gasteiger partial charge in [-0.2, -0.15) is 0 Å². The first kappa shape index (κ1) is 43.6. The quantitative estimate of drug-likeness (QED) is 0.142. The molecule has 11 aromatic carbocycles. The molecule has 0 saturated carbocycles. The first-order valence-electron chi connectivity index (χ1n) is 25.9. The molecule has 14 aromatic rings. The summed E-state index contributed by atoms with van der Waals surface area (Å²) in [5.74, 6) is 1.78. The van der Waals surface area contributed by atoms with E-state index in [9.17, 15) is 0 Å². The van der Waals surface area contributed by atoms with Gasteiger partial charge in [0.1, 0.15) is 0 Å². The molecule has 0 bridgehead atoms. The summed E-state index contributed by atoms with van der Waals surface area (Å²) in [5.41, 5.74) is 12.3. The highest BCUT2D eigenvalue weighted by molar-refractivity contribution is 7.21. The minimum absolute atomic E-state index is 0.572. The fourth-order valence-electron chi connectivity index (χ4n) is 12.3. The lowest BCUT2D eigenvalue weighted by atomic mass is 10.0. The summed E-state index contributed by atoms with van der Waals surface area (Å²) in [7, 11) is -3.02. The maximum Gasteiger partial charge on any atom is 0.184 e. The van der Waals surface area contributed by atoms with Gasteiger partial charge in [-0.1, -0.05) is 231 Å². The third kappa shape index (κ3) is 6.62. The Morgan fingerprint density at radius 3 is 0.947 bits per heavy atom. The Bertz CT molecular complexity index is 4140. The number of hydrogen-bond donors (Lipinski definition) is 0. The van der Waals surface area contributed by atoms with E-state index in [1.807, 2.05) is 36.4 Å². The number of anilines is 3. The van der Waals surface area contributed by atoms with Crippen molar-refractivity contribution in [3.8, 4) is 45.5 Å². The van der Waals surface area contributed by atoms with Crippen molar-refractivity contribution in [3.05, 3.63) is 279 Å². The highest BCUT2D eigenvalue weighted by Gasteiger charge is 2.49. The Kier molecular flexibility index (Phi) is 10.1. The van der Waals surface area contributed by atoms with Crippen molar-refractivity contribution in [2.45, 2.75) is 0 Å². The standard InChI is InChI=1S/C69H46N6Si/c1-5-25-47(26-6-1)67-70-68(48-27-7-2-8-28-48)72-69(71-67)49-45-62(73-56-37-17-13-33-52(56)53-34-14-18-38-57(53)73)66(63(46-49)74-58-39-19-15-35-54(58)55-36-16-20-40-59(55)74)75-60-41-21-23-43-64(60)76(50-29-9-3-10-30-50,51-31-11-4-12-32-51)65-44-24-22-42-61(65)75/h1-46H. The number of aromatic nitrogens is 5. The summed E-state index contributed by atoms with van der Waals surface area (Å²) in [6.07, 6.45) is 0. The minimum atomic E-state index is -3.02. The normalized spacial score (nSPS) is 12.8. The van der Waals surface area contributed by atoms with Crippen LogP contribution in [0, 0.1) is 0 Å². The molecule has 7 heteroatoms. The van der Waals surface area contributed by atoms with Crippen LogP contribution in [0.2, 0.25) is 0 Å². The average Bonchev–Trinajstić information content (AvgIpc) is 4.11. The highest BCUT2D eigenvalue weighted by Crippen LogP contribution is 2.49. The smallest absolute Gasteiger partial charge is 0.184 e. The van der Waals surface area contributed by atoms with E-state index in [0.29, 0.717) is 17.5 Å². The van der Waals surface area contributed by atoms with Crippen LogP contribution in [0.3, 0.4) is 0 Å². The van der Waals surface area contributed by atoms with Crippen molar-refractivity contribution >= 4 is 89.5 Å². The second kappa shape index (κ2) is 17.6. The molecule has 0 fully saturated rings. The van der Waals surface area contributed by atoms with Gasteiger partial charge in [0, 0.05) is 49.6 Å². The lowest BCUT2D eigenvalue weighted by Gasteiger charge is -2.45. The van der Waals surface area contributed by atoms with Crippen LogP contribution >= 0.6 is 0 Å². The van der Waals surface area contributed by atoms with Crippen LogP contribution in [-0.4, -0.2) is 32.2 Å². The third-order valence-corrected chi connectivity index (χ3v) is 20.3. The number of fused-ring (bicyclic) bond motifs is 8. The monoisotopic (exact) mass is 986 g/mol. The van der Waals surface area contributed by atoms with Gasteiger partial charge in [0.2, 0.25) is 0 Å². The molecule has 0 N–H and O–H groups in total. The molecular formula is C69H46N6Si. The lowest BCUT2D eigenvalue weighted by molar-refractivity contribution is 1.06. The van der Waals surface area contributed by atoms with Gasteiger partial charge >= 0.3 is 0 Å². The molecule has 4 heterocycles. The second-order valence-corrected chi connectivity index (χ2v) is 23.2. The van der Waals surface area contributed by atoms with Gasteiger partial charge in [-0.15, -0.1) is 0 Å². The molecule has 1 aliphatic rings. The van der Waals surface area contributed by atoms with Crippen LogP contribution in [0.5, 0.6) is 0 Å².